The zero-order valence-electron chi connectivity index (χ0n) is 10.7. The summed E-state index contributed by atoms with van der Waals surface area (Å²) < 4.78 is 9.78. The van der Waals surface area contributed by atoms with Crippen molar-refractivity contribution in [2.45, 2.75) is 18.9 Å². The van der Waals surface area contributed by atoms with Crippen LogP contribution >= 0.6 is 0 Å². The van der Waals surface area contributed by atoms with Gasteiger partial charge in [-0.2, -0.15) is 0 Å². The normalized spacial score (nSPS) is 28.3. The van der Waals surface area contributed by atoms with E-state index in [1.807, 2.05) is 0 Å². The van der Waals surface area contributed by atoms with E-state index in [0.29, 0.717) is 26.3 Å². The van der Waals surface area contributed by atoms with Crippen LogP contribution in [0.25, 0.3) is 0 Å². The summed E-state index contributed by atoms with van der Waals surface area (Å²) in [7, 11) is 1.35. The molecule has 2 rings (SSSR count). The standard InChI is InChI=1S/C12H20N2O4/c1-17-12(16)13-10-2-4-14(6-10)7-11(15)9-3-5-18-8-9/h9-10H,2-8H2,1H3,(H,13,16). The molecule has 0 aromatic carbocycles. The summed E-state index contributed by atoms with van der Waals surface area (Å²) in [6.07, 6.45) is 1.30. The van der Waals surface area contributed by atoms with Crippen molar-refractivity contribution in [3.05, 3.63) is 0 Å². The molecule has 2 unspecified atom stereocenters. The molecule has 0 spiro atoms. The first-order chi connectivity index (χ1) is 8.69. The van der Waals surface area contributed by atoms with Gasteiger partial charge in [0.25, 0.3) is 0 Å². The maximum atomic E-state index is 12.0. The number of hydrogen-bond acceptors (Lipinski definition) is 5. The number of hydrogen-bond donors (Lipinski definition) is 1. The van der Waals surface area contributed by atoms with Crippen LogP contribution in [-0.4, -0.2) is 62.8 Å². The lowest BCUT2D eigenvalue weighted by Gasteiger charge is -2.17. The van der Waals surface area contributed by atoms with E-state index in [2.05, 4.69) is 15.0 Å². The third-order valence-electron chi connectivity index (χ3n) is 3.54. The second-order valence-electron chi connectivity index (χ2n) is 4.88. The highest BCUT2D eigenvalue weighted by Gasteiger charge is 2.29. The largest absolute Gasteiger partial charge is 0.453 e. The molecule has 2 heterocycles. The van der Waals surface area contributed by atoms with Crippen LogP contribution in [0, 0.1) is 5.92 Å². The Kier molecular flexibility index (Phi) is 4.54. The summed E-state index contributed by atoms with van der Waals surface area (Å²) in [5.74, 6) is 0.323. The summed E-state index contributed by atoms with van der Waals surface area (Å²) in [6, 6.07) is 0.0880. The molecular weight excluding hydrogens is 236 g/mol. The minimum absolute atomic E-state index is 0.0672. The number of ketones is 1. The third kappa shape index (κ3) is 3.43. The van der Waals surface area contributed by atoms with E-state index in [-0.39, 0.29) is 17.7 Å². The maximum absolute atomic E-state index is 12.0. The molecule has 0 aromatic heterocycles. The van der Waals surface area contributed by atoms with Gasteiger partial charge < -0.3 is 14.8 Å². The molecule has 6 nitrogen and oxygen atoms in total. The fourth-order valence-corrected chi connectivity index (χ4v) is 2.46. The SMILES string of the molecule is COC(=O)NC1CCN(CC(=O)C2CCOC2)C1. The molecule has 2 aliphatic heterocycles. The quantitative estimate of drug-likeness (QED) is 0.768. The number of carbonyl (C=O) groups excluding carboxylic acids is 2. The highest BCUT2D eigenvalue weighted by molar-refractivity contribution is 5.83. The molecule has 2 aliphatic rings. The Morgan fingerprint density at radius 2 is 2.28 bits per heavy atom. The number of nitrogens with zero attached hydrogens (tertiary/aromatic N) is 1. The van der Waals surface area contributed by atoms with Gasteiger partial charge in [-0.05, 0) is 12.8 Å². The van der Waals surface area contributed by atoms with Gasteiger partial charge in [-0.15, -0.1) is 0 Å². The fourth-order valence-electron chi connectivity index (χ4n) is 2.46. The first-order valence-electron chi connectivity index (χ1n) is 6.36. The maximum Gasteiger partial charge on any atom is 0.407 e. The number of ether oxygens (including phenoxy) is 2. The van der Waals surface area contributed by atoms with Crippen LogP contribution in [0.15, 0.2) is 0 Å². The van der Waals surface area contributed by atoms with Crippen molar-refractivity contribution in [1.29, 1.82) is 0 Å². The Bertz CT molecular complexity index is 315. The van der Waals surface area contributed by atoms with Crippen LogP contribution in [0.5, 0.6) is 0 Å². The van der Waals surface area contributed by atoms with Crippen molar-refractivity contribution in [2.75, 3.05) is 40.0 Å². The third-order valence-corrected chi connectivity index (χ3v) is 3.54. The van der Waals surface area contributed by atoms with Crippen molar-refractivity contribution in [1.82, 2.24) is 10.2 Å². The minimum Gasteiger partial charge on any atom is -0.453 e. The smallest absolute Gasteiger partial charge is 0.407 e. The molecule has 2 atom stereocenters. The molecule has 2 saturated heterocycles. The lowest BCUT2D eigenvalue weighted by atomic mass is 10.0. The predicted octanol–water partition coefficient (Wildman–Crippen LogP) is 0.0223. The number of Topliss-reactive ketones (excluding diaryl/α,β-unsaturated/α-hetero) is 1. The predicted molar refractivity (Wildman–Crippen MR) is 64.3 cm³/mol. The number of alkyl carbamates (subject to hydrolysis) is 1. The zero-order valence-corrected chi connectivity index (χ0v) is 10.7. The number of amides is 1. The second-order valence-corrected chi connectivity index (χ2v) is 4.88. The Hall–Kier alpha value is -1.14. The molecule has 18 heavy (non-hydrogen) atoms. The summed E-state index contributed by atoms with van der Waals surface area (Å²) in [4.78, 5) is 25.1. The summed E-state index contributed by atoms with van der Waals surface area (Å²) in [5, 5.41) is 2.76. The Balaban J connectivity index is 1.72. The number of likely N-dealkylation sites (tertiary alicyclic amines) is 1. The Labute approximate surface area is 107 Å². The monoisotopic (exact) mass is 256 g/mol. The number of nitrogens with one attached hydrogen (secondary N) is 1. The second kappa shape index (κ2) is 6.15. The lowest BCUT2D eigenvalue weighted by Crippen LogP contribution is -2.38. The van der Waals surface area contributed by atoms with E-state index in [9.17, 15) is 9.59 Å². The van der Waals surface area contributed by atoms with Gasteiger partial charge >= 0.3 is 6.09 Å². The molecular formula is C12H20N2O4. The molecule has 0 radical (unpaired) electrons. The van der Waals surface area contributed by atoms with Gasteiger partial charge in [-0.25, -0.2) is 4.79 Å². The summed E-state index contributed by atoms with van der Waals surface area (Å²) in [6.45, 7) is 3.29. The molecule has 0 aliphatic carbocycles. The molecule has 2 fully saturated rings. The van der Waals surface area contributed by atoms with Crippen molar-refractivity contribution >= 4 is 11.9 Å². The van der Waals surface area contributed by atoms with Gasteiger partial charge in [0.1, 0.15) is 0 Å². The van der Waals surface area contributed by atoms with Crippen molar-refractivity contribution < 1.29 is 19.1 Å². The van der Waals surface area contributed by atoms with Crippen LogP contribution < -0.4 is 5.32 Å². The minimum atomic E-state index is -0.405. The van der Waals surface area contributed by atoms with Crippen LogP contribution in [0.1, 0.15) is 12.8 Å². The molecule has 0 aromatic rings. The van der Waals surface area contributed by atoms with Gasteiger partial charge in [0, 0.05) is 31.7 Å². The number of carbonyl (C=O) groups is 2. The summed E-state index contributed by atoms with van der Waals surface area (Å²) >= 11 is 0. The first kappa shape index (κ1) is 13.3. The molecule has 0 bridgehead atoms. The highest BCUT2D eigenvalue weighted by atomic mass is 16.5. The van der Waals surface area contributed by atoms with E-state index in [0.717, 1.165) is 19.4 Å². The van der Waals surface area contributed by atoms with Crippen molar-refractivity contribution in [2.24, 2.45) is 5.92 Å². The highest BCUT2D eigenvalue weighted by Crippen LogP contribution is 2.16. The van der Waals surface area contributed by atoms with E-state index < -0.39 is 6.09 Å². The average molecular weight is 256 g/mol. The molecule has 0 saturated carbocycles. The van der Waals surface area contributed by atoms with Gasteiger partial charge in [-0.3, -0.25) is 9.69 Å². The first-order valence-corrected chi connectivity index (χ1v) is 6.36. The van der Waals surface area contributed by atoms with Gasteiger partial charge in [0.15, 0.2) is 5.78 Å². The molecule has 1 N–H and O–H groups in total. The van der Waals surface area contributed by atoms with Crippen molar-refractivity contribution in [3.63, 3.8) is 0 Å². The van der Waals surface area contributed by atoms with E-state index in [1.54, 1.807) is 0 Å². The lowest BCUT2D eigenvalue weighted by molar-refractivity contribution is -0.123. The topological polar surface area (TPSA) is 67.9 Å². The van der Waals surface area contributed by atoms with Crippen LogP contribution in [0.4, 0.5) is 4.79 Å². The van der Waals surface area contributed by atoms with Crippen molar-refractivity contribution in [3.8, 4) is 0 Å². The summed E-state index contributed by atoms with van der Waals surface area (Å²) in [5.41, 5.74) is 0. The molecule has 6 heteroatoms. The van der Waals surface area contributed by atoms with E-state index in [1.165, 1.54) is 7.11 Å². The van der Waals surface area contributed by atoms with Gasteiger partial charge in [0.05, 0.1) is 20.3 Å². The fraction of sp³-hybridized carbons (Fsp3) is 0.833. The number of rotatable bonds is 4. The van der Waals surface area contributed by atoms with Crippen LogP contribution in [0.3, 0.4) is 0 Å². The van der Waals surface area contributed by atoms with E-state index >= 15 is 0 Å². The Morgan fingerprint density at radius 1 is 1.44 bits per heavy atom. The average Bonchev–Trinajstić information content (AvgIpc) is 3.00. The zero-order chi connectivity index (χ0) is 13.0. The molecule has 102 valence electrons. The van der Waals surface area contributed by atoms with Crippen LogP contribution in [0.2, 0.25) is 0 Å². The number of methoxy groups -OCH3 is 1. The Morgan fingerprint density at radius 3 is 2.94 bits per heavy atom. The van der Waals surface area contributed by atoms with Gasteiger partial charge in [0.2, 0.25) is 0 Å². The molecule has 1 amide bonds. The van der Waals surface area contributed by atoms with Gasteiger partial charge in [-0.1, -0.05) is 0 Å². The van der Waals surface area contributed by atoms with E-state index in [4.69, 9.17) is 4.74 Å². The van der Waals surface area contributed by atoms with Crippen LogP contribution in [-0.2, 0) is 14.3 Å².